The van der Waals surface area contributed by atoms with Crippen molar-refractivity contribution >= 4 is 0 Å². The molecule has 2 fully saturated rings. The van der Waals surface area contributed by atoms with Crippen molar-refractivity contribution < 1.29 is 0 Å². The summed E-state index contributed by atoms with van der Waals surface area (Å²) in [4.78, 5) is 4.24. The van der Waals surface area contributed by atoms with Crippen LogP contribution in [0.15, 0.2) is 12.4 Å². The molecule has 0 atom stereocenters. The van der Waals surface area contributed by atoms with Crippen molar-refractivity contribution in [2.45, 2.75) is 45.2 Å². The molecule has 1 heterocycles. The van der Waals surface area contributed by atoms with Gasteiger partial charge in [-0.3, -0.25) is 0 Å². The molecule has 0 radical (unpaired) electrons. The second-order valence-electron chi connectivity index (χ2n) is 5.32. The first kappa shape index (κ1) is 10.3. The highest BCUT2D eigenvalue weighted by Gasteiger charge is 2.40. The fourth-order valence-electron chi connectivity index (χ4n) is 2.62. The van der Waals surface area contributed by atoms with Gasteiger partial charge in [0.1, 0.15) is 5.82 Å². The largest absolute Gasteiger partial charge is 0.334 e. The third kappa shape index (κ3) is 2.29. The molecule has 0 bridgehead atoms. The topological polar surface area (TPSA) is 29.9 Å². The molecule has 0 unspecified atom stereocenters. The summed E-state index contributed by atoms with van der Waals surface area (Å²) in [6, 6.07) is 0.823. The Morgan fingerprint density at radius 2 is 2.06 bits per heavy atom. The minimum absolute atomic E-state index is 0.823. The zero-order valence-corrected chi connectivity index (χ0v) is 10.0. The average molecular weight is 219 g/mol. The highest BCUT2D eigenvalue weighted by atomic mass is 15.1. The van der Waals surface area contributed by atoms with E-state index in [4.69, 9.17) is 0 Å². The predicted octanol–water partition coefficient (Wildman–Crippen LogP) is 1.97. The Bertz CT molecular complexity index is 338. The number of hydrogen-bond acceptors (Lipinski definition) is 2. The lowest BCUT2D eigenvalue weighted by Gasteiger charge is -2.18. The van der Waals surface area contributed by atoms with Crippen LogP contribution in [0.1, 0.15) is 31.5 Å². The van der Waals surface area contributed by atoms with Crippen LogP contribution in [0.4, 0.5) is 0 Å². The molecule has 3 rings (SSSR count). The van der Waals surface area contributed by atoms with E-state index in [0.717, 1.165) is 36.8 Å². The van der Waals surface area contributed by atoms with Crippen molar-refractivity contribution in [2.75, 3.05) is 6.54 Å². The molecule has 16 heavy (non-hydrogen) atoms. The lowest BCUT2D eigenvalue weighted by molar-refractivity contribution is 0.405. The number of nitrogens with zero attached hydrogens (tertiary/aromatic N) is 2. The first-order chi connectivity index (χ1) is 7.84. The quantitative estimate of drug-likeness (QED) is 0.792. The minimum Gasteiger partial charge on any atom is -0.334 e. The summed E-state index contributed by atoms with van der Waals surface area (Å²) in [5, 5.41) is 3.76. The van der Waals surface area contributed by atoms with E-state index < -0.39 is 0 Å². The van der Waals surface area contributed by atoms with E-state index in [1.54, 1.807) is 0 Å². The fraction of sp³-hybridized carbons (Fsp3) is 0.769. The van der Waals surface area contributed by atoms with Crippen molar-refractivity contribution in [1.82, 2.24) is 14.9 Å². The first-order valence-electron chi connectivity index (χ1n) is 6.56. The Morgan fingerprint density at radius 3 is 2.56 bits per heavy atom. The molecule has 3 nitrogen and oxygen atoms in total. The van der Waals surface area contributed by atoms with Gasteiger partial charge in [-0.05, 0) is 44.4 Å². The smallest absolute Gasteiger partial charge is 0.105 e. The van der Waals surface area contributed by atoms with Crippen LogP contribution < -0.4 is 5.32 Å². The number of aryl methyl sites for hydroxylation is 1. The predicted molar refractivity (Wildman–Crippen MR) is 64.2 cm³/mol. The SMILES string of the molecule is Cc1nccn1CCNC(C1CC1)C1CC1. The fourth-order valence-corrected chi connectivity index (χ4v) is 2.62. The van der Waals surface area contributed by atoms with Gasteiger partial charge in [0.15, 0.2) is 0 Å². The molecule has 2 aliphatic rings. The molecule has 1 N–H and O–H groups in total. The molecule has 0 aromatic carbocycles. The Balaban J connectivity index is 1.46. The maximum absolute atomic E-state index is 4.24. The van der Waals surface area contributed by atoms with Crippen LogP contribution >= 0.6 is 0 Å². The van der Waals surface area contributed by atoms with Crippen molar-refractivity contribution in [1.29, 1.82) is 0 Å². The number of rotatable bonds is 6. The second kappa shape index (κ2) is 4.21. The molecule has 88 valence electrons. The van der Waals surface area contributed by atoms with E-state index >= 15 is 0 Å². The molecule has 1 aromatic heterocycles. The Morgan fingerprint density at radius 1 is 1.38 bits per heavy atom. The number of nitrogens with one attached hydrogen (secondary N) is 1. The van der Waals surface area contributed by atoms with E-state index in [9.17, 15) is 0 Å². The summed E-state index contributed by atoms with van der Waals surface area (Å²) in [6.07, 6.45) is 9.78. The lowest BCUT2D eigenvalue weighted by atomic mass is 10.1. The average Bonchev–Trinajstić information content (AvgIpc) is 3.15. The third-order valence-corrected chi connectivity index (χ3v) is 3.92. The van der Waals surface area contributed by atoms with Crippen molar-refractivity contribution in [3.05, 3.63) is 18.2 Å². The standard InChI is InChI=1S/C13H21N3/c1-10-14-6-8-16(10)9-7-15-13(11-2-3-11)12-4-5-12/h6,8,11-13,15H,2-5,7,9H2,1H3. The molecule has 1 aromatic rings. The van der Waals surface area contributed by atoms with E-state index in [2.05, 4.69) is 28.0 Å². The van der Waals surface area contributed by atoms with E-state index in [-0.39, 0.29) is 0 Å². The molecular formula is C13H21N3. The Kier molecular flexibility index (Phi) is 2.72. The molecule has 2 aliphatic carbocycles. The molecule has 0 saturated heterocycles. The van der Waals surface area contributed by atoms with Crippen LogP contribution in [0.2, 0.25) is 0 Å². The number of hydrogen-bond donors (Lipinski definition) is 1. The van der Waals surface area contributed by atoms with Gasteiger partial charge in [0.25, 0.3) is 0 Å². The first-order valence-corrected chi connectivity index (χ1v) is 6.56. The van der Waals surface area contributed by atoms with E-state index in [1.807, 2.05) is 6.20 Å². The van der Waals surface area contributed by atoms with Crippen LogP contribution in [0.25, 0.3) is 0 Å². The highest BCUT2D eigenvalue weighted by Crippen LogP contribution is 2.44. The monoisotopic (exact) mass is 219 g/mol. The van der Waals surface area contributed by atoms with Gasteiger partial charge in [0, 0.05) is 31.5 Å². The maximum Gasteiger partial charge on any atom is 0.105 e. The maximum atomic E-state index is 4.24. The summed E-state index contributed by atoms with van der Waals surface area (Å²) < 4.78 is 2.23. The van der Waals surface area contributed by atoms with Gasteiger partial charge in [-0.25, -0.2) is 4.98 Å². The van der Waals surface area contributed by atoms with Crippen molar-refractivity contribution in [3.8, 4) is 0 Å². The van der Waals surface area contributed by atoms with Gasteiger partial charge in [-0.15, -0.1) is 0 Å². The Hall–Kier alpha value is -0.830. The molecule has 0 aliphatic heterocycles. The normalized spacial score (nSPS) is 20.6. The van der Waals surface area contributed by atoms with Gasteiger partial charge in [-0.1, -0.05) is 0 Å². The zero-order chi connectivity index (χ0) is 11.0. The summed E-state index contributed by atoms with van der Waals surface area (Å²) in [5.74, 6) is 3.11. The third-order valence-electron chi connectivity index (χ3n) is 3.92. The van der Waals surface area contributed by atoms with E-state index in [0.29, 0.717) is 0 Å². The van der Waals surface area contributed by atoms with Gasteiger partial charge in [0.05, 0.1) is 0 Å². The van der Waals surface area contributed by atoms with Gasteiger partial charge in [0.2, 0.25) is 0 Å². The molecule has 0 spiro atoms. The molecule has 3 heteroatoms. The summed E-state index contributed by atoms with van der Waals surface area (Å²) in [6.45, 7) is 4.22. The number of aromatic nitrogens is 2. The summed E-state index contributed by atoms with van der Waals surface area (Å²) >= 11 is 0. The van der Waals surface area contributed by atoms with Crippen LogP contribution in [-0.4, -0.2) is 22.1 Å². The Labute approximate surface area is 97.3 Å². The van der Waals surface area contributed by atoms with E-state index in [1.165, 1.54) is 25.7 Å². The van der Waals surface area contributed by atoms with Gasteiger partial charge in [-0.2, -0.15) is 0 Å². The van der Waals surface area contributed by atoms with Gasteiger partial charge >= 0.3 is 0 Å². The second-order valence-corrected chi connectivity index (χ2v) is 5.32. The molecule has 0 amide bonds. The number of imidazole rings is 1. The molecular weight excluding hydrogens is 198 g/mol. The van der Waals surface area contributed by atoms with Crippen LogP contribution in [0.3, 0.4) is 0 Å². The zero-order valence-electron chi connectivity index (χ0n) is 10.0. The lowest BCUT2D eigenvalue weighted by Crippen LogP contribution is -2.35. The van der Waals surface area contributed by atoms with Crippen LogP contribution in [0.5, 0.6) is 0 Å². The van der Waals surface area contributed by atoms with Gasteiger partial charge < -0.3 is 9.88 Å². The summed E-state index contributed by atoms with van der Waals surface area (Å²) in [7, 11) is 0. The van der Waals surface area contributed by atoms with Crippen molar-refractivity contribution in [3.63, 3.8) is 0 Å². The summed E-state index contributed by atoms with van der Waals surface area (Å²) in [5.41, 5.74) is 0. The van der Waals surface area contributed by atoms with Crippen molar-refractivity contribution in [2.24, 2.45) is 11.8 Å². The minimum atomic E-state index is 0.823. The van der Waals surface area contributed by atoms with Crippen LogP contribution in [0, 0.1) is 18.8 Å². The highest BCUT2D eigenvalue weighted by molar-refractivity contribution is 4.96. The van der Waals surface area contributed by atoms with Crippen LogP contribution in [-0.2, 0) is 6.54 Å². The molecule has 2 saturated carbocycles.